The molecule has 1 heterocycles. The summed E-state index contributed by atoms with van der Waals surface area (Å²) in [6.45, 7) is 0. The minimum absolute atomic E-state index is 0.205. The minimum Gasteiger partial charge on any atom is -0.246 e. The van der Waals surface area contributed by atoms with Crippen LogP contribution in [0.2, 0.25) is 0 Å². The van der Waals surface area contributed by atoms with Crippen LogP contribution in [0.1, 0.15) is 21.6 Å². The number of hydrogen-bond acceptors (Lipinski definition) is 3. The number of hydrogen-bond donors (Lipinski definition) is 0. The zero-order valence-electron chi connectivity index (χ0n) is 8.25. The molecule has 2 aliphatic rings. The first-order chi connectivity index (χ1) is 7.86. The van der Waals surface area contributed by atoms with Gasteiger partial charge in [-0.3, -0.25) is 0 Å². The molecule has 4 heteroatoms. The van der Waals surface area contributed by atoms with Crippen LogP contribution in [0, 0.1) is 0 Å². The maximum Gasteiger partial charge on any atom is 0.100 e. The molecule has 0 saturated carbocycles. The Labute approximate surface area is 103 Å². The lowest BCUT2D eigenvalue weighted by atomic mass is 10.1. The molecule has 3 atom stereocenters. The van der Waals surface area contributed by atoms with E-state index in [1.54, 1.807) is 10.8 Å². The zero-order chi connectivity index (χ0) is 10.7. The molecule has 1 aliphatic carbocycles. The minimum atomic E-state index is -0.781. The maximum absolute atomic E-state index is 12.0. The van der Waals surface area contributed by atoms with Crippen molar-refractivity contribution in [2.45, 2.75) is 10.5 Å². The van der Waals surface area contributed by atoms with Crippen LogP contribution in [0.25, 0.3) is 10.8 Å². The van der Waals surface area contributed by atoms with Crippen LogP contribution < -0.4 is 0 Å². The van der Waals surface area contributed by atoms with Crippen molar-refractivity contribution < 1.29 is 4.21 Å². The highest BCUT2D eigenvalue weighted by Gasteiger charge is 2.44. The van der Waals surface area contributed by atoms with Gasteiger partial charge in [0.05, 0.1) is 10.5 Å². The summed E-state index contributed by atoms with van der Waals surface area (Å²) in [5, 5.41) is 3.23. The van der Waals surface area contributed by atoms with E-state index in [2.05, 4.69) is 36.4 Å². The van der Waals surface area contributed by atoms with Gasteiger partial charge >= 0.3 is 0 Å². The third-order valence-corrected chi connectivity index (χ3v) is 9.13. The summed E-state index contributed by atoms with van der Waals surface area (Å²) in [5.74, 6) is 0. The molecule has 0 radical (unpaired) electrons. The third-order valence-electron chi connectivity index (χ3n) is 3.27. The van der Waals surface area contributed by atoms with Gasteiger partial charge in [-0.1, -0.05) is 47.2 Å². The van der Waals surface area contributed by atoms with Gasteiger partial charge in [0.15, 0.2) is 0 Å². The molecule has 1 saturated heterocycles. The fourth-order valence-corrected chi connectivity index (χ4v) is 9.32. The Morgan fingerprint density at radius 2 is 1.81 bits per heavy atom. The van der Waals surface area contributed by atoms with Crippen molar-refractivity contribution in [1.29, 1.82) is 0 Å². The van der Waals surface area contributed by atoms with Gasteiger partial charge in [-0.15, -0.1) is 0 Å². The van der Waals surface area contributed by atoms with Crippen molar-refractivity contribution in [3.63, 3.8) is 0 Å². The average Bonchev–Trinajstić information content (AvgIpc) is 2.83. The predicted octanol–water partition coefficient (Wildman–Crippen LogP) is 3.99. The molecule has 80 valence electrons. The lowest BCUT2D eigenvalue weighted by molar-refractivity contribution is 0.683. The second kappa shape index (κ2) is 3.28. The van der Waals surface area contributed by atoms with Crippen LogP contribution in [0.3, 0.4) is 0 Å². The van der Waals surface area contributed by atoms with Crippen LogP contribution >= 0.6 is 20.6 Å². The maximum atomic E-state index is 12.0. The molecule has 16 heavy (non-hydrogen) atoms. The average molecular weight is 264 g/mol. The first-order valence-electron chi connectivity index (χ1n) is 5.12. The number of fused-ring (bicyclic) bond motifs is 3. The van der Waals surface area contributed by atoms with Gasteiger partial charge in [0.2, 0.25) is 0 Å². The van der Waals surface area contributed by atoms with Crippen molar-refractivity contribution in [3.8, 4) is 0 Å². The zero-order valence-corrected chi connectivity index (χ0v) is 10.7. The molecule has 4 rings (SSSR count). The molecule has 1 aliphatic heterocycles. The molecular weight excluding hydrogens is 256 g/mol. The van der Waals surface area contributed by atoms with Crippen molar-refractivity contribution in [2.24, 2.45) is 0 Å². The van der Waals surface area contributed by atoms with Crippen molar-refractivity contribution >= 4 is 41.2 Å². The summed E-state index contributed by atoms with van der Waals surface area (Å²) < 4.78 is 12.0. The van der Waals surface area contributed by atoms with E-state index in [9.17, 15) is 4.21 Å². The molecule has 0 spiro atoms. The van der Waals surface area contributed by atoms with Gasteiger partial charge in [0, 0.05) is 9.83 Å². The normalized spacial score (nSPS) is 30.9. The van der Waals surface area contributed by atoms with Crippen LogP contribution in [-0.4, -0.2) is 4.21 Å². The van der Waals surface area contributed by atoms with Crippen LogP contribution in [0.5, 0.6) is 0 Å². The smallest absolute Gasteiger partial charge is 0.100 e. The van der Waals surface area contributed by atoms with Gasteiger partial charge in [0.25, 0.3) is 0 Å². The topological polar surface area (TPSA) is 17.1 Å². The molecule has 2 aromatic rings. The van der Waals surface area contributed by atoms with E-state index in [0.29, 0.717) is 5.25 Å². The van der Waals surface area contributed by atoms with E-state index in [4.69, 9.17) is 0 Å². The summed E-state index contributed by atoms with van der Waals surface area (Å²) >= 11 is 0. The van der Waals surface area contributed by atoms with Gasteiger partial charge in [-0.05, 0) is 21.9 Å². The summed E-state index contributed by atoms with van der Waals surface area (Å²) in [6, 6.07) is 12.8. The van der Waals surface area contributed by atoms with E-state index in [-0.39, 0.29) is 5.25 Å². The van der Waals surface area contributed by atoms with Crippen LogP contribution in [0.4, 0.5) is 0 Å². The quantitative estimate of drug-likeness (QED) is 0.670. The van der Waals surface area contributed by atoms with Gasteiger partial charge in [-0.2, -0.15) is 0 Å². The van der Waals surface area contributed by atoms with Crippen molar-refractivity contribution in [1.82, 2.24) is 0 Å². The lowest BCUT2D eigenvalue weighted by Gasteiger charge is -2.06. The molecule has 0 aromatic heterocycles. The Balaban J connectivity index is 2.14. The van der Waals surface area contributed by atoms with Gasteiger partial charge in [0.1, 0.15) is 9.83 Å². The molecule has 0 bridgehead atoms. The van der Waals surface area contributed by atoms with Gasteiger partial charge < -0.3 is 0 Å². The van der Waals surface area contributed by atoms with E-state index in [0.717, 1.165) is 0 Å². The summed E-state index contributed by atoms with van der Waals surface area (Å²) in [5.41, 5.74) is 2.66. The highest BCUT2D eigenvalue weighted by Crippen LogP contribution is 2.64. The van der Waals surface area contributed by atoms with E-state index in [1.165, 1.54) is 31.7 Å². The highest BCUT2D eigenvalue weighted by atomic mass is 33.5. The first-order valence-corrected chi connectivity index (χ1v) is 9.06. The largest absolute Gasteiger partial charge is 0.246 e. The van der Waals surface area contributed by atoms with Crippen molar-refractivity contribution in [2.75, 3.05) is 0 Å². The monoisotopic (exact) mass is 264 g/mol. The van der Waals surface area contributed by atoms with Crippen LogP contribution in [-0.2, 0) is 9.83 Å². The Hall–Kier alpha value is -0.450. The Kier molecular flexibility index (Phi) is 1.96. The van der Waals surface area contributed by atoms with E-state index in [1.807, 2.05) is 0 Å². The summed E-state index contributed by atoms with van der Waals surface area (Å²) in [4.78, 5) is 0. The van der Waals surface area contributed by atoms with Crippen LogP contribution in [0.15, 0.2) is 36.4 Å². The molecule has 0 amide bonds. The molecule has 0 N–H and O–H groups in total. The van der Waals surface area contributed by atoms with E-state index < -0.39 is 9.83 Å². The lowest BCUT2D eigenvalue weighted by Crippen LogP contribution is -1.98. The molecule has 1 fully saturated rings. The Morgan fingerprint density at radius 1 is 1.06 bits per heavy atom. The summed E-state index contributed by atoms with van der Waals surface area (Å²) in [7, 11) is 2.51. The molecule has 1 nitrogen and oxygen atoms in total. The summed E-state index contributed by atoms with van der Waals surface area (Å²) in [6.07, 6.45) is 0. The highest BCUT2D eigenvalue weighted by molar-refractivity contribution is 9.06. The molecular formula is C12H8OS3. The molecule has 2 aromatic carbocycles. The van der Waals surface area contributed by atoms with Crippen molar-refractivity contribution in [3.05, 3.63) is 47.5 Å². The molecule has 3 unspecified atom stereocenters. The van der Waals surface area contributed by atoms with E-state index >= 15 is 0 Å². The Morgan fingerprint density at radius 3 is 2.62 bits per heavy atom. The first kappa shape index (κ1) is 9.57. The fraction of sp³-hybridized carbons (Fsp3) is 0.167. The SMILES string of the molecule is O=S1SSC2c3cccc4cccc(c34)C21. The van der Waals surface area contributed by atoms with Gasteiger partial charge in [-0.25, -0.2) is 4.21 Å². The number of benzene rings is 2. The second-order valence-electron chi connectivity index (χ2n) is 4.06. The number of rotatable bonds is 0. The fourth-order valence-electron chi connectivity index (χ4n) is 2.63. The standard InChI is InChI=1S/C12H8OS3/c13-16-12-9-6-2-4-7-3-1-5-8(10(7)9)11(12)14-15-16/h1-6,11-12H. The third kappa shape index (κ3) is 1.08. The Bertz CT molecular complexity index is 617. The predicted molar refractivity (Wildman–Crippen MR) is 72.8 cm³/mol. The second-order valence-corrected chi connectivity index (χ2v) is 9.12.